The van der Waals surface area contributed by atoms with Gasteiger partial charge in [0.2, 0.25) is 5.91 Å². The summed E-state index contributed by atoms with van der Waals surface area (Å²) in [7, 11) is 1.58. The van der Waals surface area contributed by atoms with Crippen molar-refractivity contribution >= 4 is 34.3 Å². The number of methoxy groups -OCH3 is 1. The van der Waals surface area contributed by atoms with E-state index in [1.54, 1.807) is 14.0 Å². The fraction of sp³-hybridized carbons (Fsp3) is 0.190. The number of carbonyl (C=O) groups excluding carboxylic acids is 2. The zero-order valence-corrected chi connectivity index (χ0v) is 15.6. The van der Waals surface area contributed by atoms with Crippen LogP contribution in [0.2, 0.25) is 0 Å². The van der Waals surface area contributed by atoms with Gasteiger partial charge in [-0.15, -0.1) is 0 Å². The van der Waals surface area contributed by atoms with E-state index >= 15 is 0 Å². The lowest BCUT2D eigenvalue weighted by Crippen LogP contribution is -2.20. The number of hydrogen-bond donors (Lipinski definition) is 1. The molecule has 28 heavy (non-hydrogen) atoms. The van der Waals surface area contributed by atoms with Crippen LogP contribution in [-0.2, 0) is 9.53 Å². The summed E-state index contributed by atoms with van der Waals surface area (Å²) in [6, 6.07) is 14.7. The van der Waals surface area contributed by atoms with Crippen molar-refractivity contribution in [2.75, 3.05) is 25.6 Å². The second-order valence-electron chi connectivity index (χ2n) is 6.22. The predicted octanol–water partition coefficient (Wildman–Crippen LogP) is 3.44. The molecule has 0 fully saturated rings. The van der Waals surface area contributed by atoms with E-state index < -0.39 is 6.09 Å². The number of anilines is 1. The zero-order valence-electron chi connectivity index (χ0n) is 15.6. The molecule has 0 saturated carbocycles. The number of ether oxygens (including phenoxy) is 2. The van der Waals surface area contributed by atoms with Crippen LogP contribution in [0.3, 0.4) is 0 Å². The lowest BCUT2D eigenvalue weighted by Gasteiger charge is -2.12. The summed E-state index contributed by atoms with van der Waals surface area (Å²) in [6.07, 6.45) is -0.522. The van der Waals surface area contributed by atoms with Crippen LogP contribution in [-0.4, -0.2) is 42.5 Å². The Morgan fingerprint density at radius 1 is 1.21 bits per heavy atom. The Balaban J connectivity index is 2.04. The van der Waals surface area contributed by atoms with Crippen molar-refractivity contribution in [3.8, 4) is 5.75 Å². The van der Waals surface area contributed by atoms with Crippen LogP contribution < -0.4 is 10.1 Å². The second kappa shape index (κ2) is 7.19. The largest absolute Gasteiger partial charge is 0.497 e. The third-order valence-corrected chi connectivity index (χ3v) is 4.54. The molecule has 1 amide bonds. The van der Waals surface area contributed by atoms with E-state index in [0.29, 0.717) is 28.4 Å². The van der Waals surface area contributed by atoms with Crippen LogP contribution in [0.4, 0.5) is 10.5 Å². The van der Waals surface area contributed by atoms with E-state index in [1.807, 2.05) is 48.5 Å². The van der Waals surface area contributed by atoms with Crippen molar-refractivity contribution in [3.63, 3.8) is 0 Å². The lowest BCUT2D eigenvalue weighted by atomic mass is 10.1. The Labute approximate surface area is 161 Å². The highest BCUT2D eigenvalue weighted by Crippen LogP contribution is 2.35. The van der Waals surface area contributed by atoms with Gasteiger partial charge >= 0.3 is 6.09 Å². The summed E-state index contributed by atoms with van der Waals surface area (Å²) in [6.45, 7) is 1.94. The normalized spacial score (nSPS) is 13.4. The number of benzene rings is 2. The molecule has 1 aliphatic rings. The third-order valence-electron chi connectivity index (χ3n) is 4.54. The predicted molar refractivity (Wildman–Crippen MR) is 106 cm³/mol. The van der Waals surface area contributed by atoms with Gasteiger partial charge in [-0.2, -0.15) is 0 Å². The number of nitrogens with one attached hydrogen (secondary N) is 1. The number of fused-ring (bicyclic) bond motifs is 3. The number of aromatic nitrogens is 1. The Kier molecular flexibility index (Phi) is 4.57. The highest BCUT2D eigenvalue weighted by molar-refractivity contribution is 6.24. The summed E-state index contributed by atoms with van der Waals surface area (Å²) in [4.78, 5) is 29.7. The first-order valence-corrected chi connectivity index (χ1v) is 8.93. The standard InChI is InChI=1S/C21H19N3O4/c1-3-28-21(26)24-16-10-5-4-9-15(16)19-20(24)18(22-12-17(25)23-19)13-7-6-8-14(11-13)27-2/h4-11H,3,12H2,1-2H3,(H,23,25). The monoisotopic (exact) mass is 377 g/mol. The van der Waals surface area contributed by atoms with Gasteiger partial charge in [-0.3, -0.25) is 9.79 Å². The molecule has 0 unspecified atom stereocenters. The summed E-state index contributed by atoms with van der Waals surface area (Å²) in [5, 5.41) is 3.64. The van der Waals surface area contributed by atoms with Crippen LogP contribution in [0.25, 0.3) is 10.9 Å². The summed E-state index contributed by atoms with van der Waals surface area (Å²) >= 11 is 0. The minimum absolute atomic E-state index is 0.0433. The molecule has 0 aliphatic carbocycles. The fourth-order valence-corrected chi connectivity index (χ4v) is 3.37. The smallest absolute Gasteiger partial charge is 0.419 e. The number of nitrogens with zero attached hydrogens (tertiary/aromatic N) is 2. The van der Waals surface area contributed by atoms with Crippen molar-refractivity contribution in [2.24, 2.45) is 4.99 Å². The average molecular weight is 377 g/mol. The first-order valence-electron chi connectivity index (χ1n) is 8.93. The quantitative estimate of drug-likeness (QED) is 0.758. The SMILES string of the molecule is CCOC(=O)n1c2c(c3ccccc31)NC(=O)CN=C2c1cccc(OC)c1. The van der Waals surface area contributed by atoms with Gasteiger partial charge in [0, 0.05) is 10.9 Å². The molecular formula is C21H19N3O4. The maximum atomic E-state index is 12.8. The van der Waals surface area contributed by atoms with Gasteiger partial charge in [0.05, 0.1) is 30.6 Å². The third kappa shape index (κ3) is 2.90. The van der Waals surface area contributed by atoms with Crippen molar-refractivity contribution in [1.82, 2.24) is 4.57 Å². The molecule has 1 N–H and O–H groups in total. The molecule has 2 aromatic carbocycles. The number of hydrogen-bond acceptors (Lipinski definition) is 5. The van der Waals surface area contributed by atoms with E-state index in [1.165, 1.54) is 4.57 Å². The maximum absolute atomic E-state index is 12.8. The van der Waals surface area contributed by atoms with Crippen LogP contribution in [0.15, 0.2) is 53.5 Å². The molecule has 2 heterocycles. The Bertz CT molecular complexity index is 1110. The highest BCUT2D eigenvalue weighted by atomic mass is 16.5. The molecule has 7 nitrogen and oxygen atoms in total. The van der Waals surface area contributed by atoms with Gasteiger partial charge in [0.25, 0.3) is 0 Å². The van der Waals surface area contributed by atoms with E-state index in [0.717, 1.165) is 10.9 Å². The number of carbonyl (C=O) groups is 2. The maximum Gasteiger partial charge on any atom is 0.419 e. The highest BCUT2D eigenvalue weighted by Gasteiger charge is 2.29. The van der Waals surface area contributed by atoms with E-state index in [9.17, 15) is 9.59 Å². The van der Waals surface area contributed by atoms with Crippen molar-refractivity contribution in [3.05, 3.63) is 59.8 Å². The van der Waals surface area contributed by atoms with Gasteiger partial charge < -0.3 is 14.8 Å². The number of rotatable bonds is 3. The molecule has 1 aliphatic heterocycles. The van der Waals surface area contributed by atoms with Gasteiger partial charge in [-0.05, 0) is 25.1 Å². The number of amides is 1. The molecule has 4 rings (SSSR count). The molecule has 0 bridgehead atoms. The van der Waals surface area contributed by atoms with Crippen LogP contribution in [0.5, 0.6) is 5.75 Å². The fourth-order valence-electron chi connectivity index (χ4n) is 3.37. The minimum Gasteiger partial charge on any atom is -0.497 e. The van der Waals surface area contributed by atoms with Crippen LogP contribution in [0, 0.1) is 0 Å². The Morgan fingerprint density at radius 2 is 2.04 bits per heavy atom. The van der Waals surface area contributed by atoms with Crippen LogP contribution in [0.1, 0.15) is 18.2 Å². The Morgan fingerprint density at radius 3 is 2.82 bits per heavy atom. The van der Waals surface area contributed by atoms with E-state index in [-0.39, 0.29) is 19.1 Å². The molecular weight excluding hydrogens is 358 g/mol. The van der Waals surface area contributed by atoms with Crippen molar-refractivity contribution in [2.45, 2.75) is 6.92 Å². The summed E-state index contributed by atoms with van der Waals surface area (Å²) in [5.41, 5.74) is 2.96. The summed E-state index contributed by atoms with van der Waals surface area (Å²) < 4.78 is 12.1. The van der Waals surface area contributed by atoms with Crippen molar-refractivity contribution in [1.29, 1.82) is 0 Å². The number of para-hydroxylation sites is 1. The summed E-state index contributed by atoms with van der Waals surface area (Å²) in [5.74, 6) is 0.412. The van der Waals surface area contributed by atoms with Gasteiger partial charge in [0.1, 0.15) is 18.0 Å². The van der Waals surface area contributed by atoms with E-state index in [4.69, 9.17) is 9.47 Å². The molecule has 0 saturated heterocycles. The molecule has 142 valence electrons. The molecule has 7 heteroatoms. The first-order chi connectivity index (χ1) is 13.6. The topological polar surface area (TPSA) is 81.9 Å². The molecule has 3 aromatic rings. The first kappa shape index (κ1) is 17.8. The van der Waals surface area contributed by atoms with Crippen LogP contribution >= 0.6 is 0 Å². The lowest BCUT2D eigenvalue weighted by molar-refractivity contribution is -0.114. The average Bonchev–Trinajstić information content (AvgIpc) is 2.92. The molecule has 1 aromatic heterocycles. The molecule has 0 radical (unpaired) electrons. The van der Waals surface area contributed by atoms with Gasteiger partial charge in [0.15, 0.2) is 0 Å². The van der Waals surface area contributed by atoms with Gasteiger partial charge in [-0.25, -0.2) is 9.36 Å². The molecule has 0 atom stereocenters. The van der Waals surface area contributed by atoms with E-state index in [2.05, 4.69) is 10.3 Å². The number of aliphatic imine (C=N–C) groups is 1. The minimum atomic E-state index is -0.522. The molecule has 0 spiro atoms. The zero-order chi connectivity index (χ0) is 19.7. The van der Waals surface area contributed by atoms with Crippen molar-refractivity contribution < 1.29 is 19.1 Å². The second-order valence-corrected chi connectivity index (χ2v) is 6.22. The van der Waals surface area contributed by atoms with Gasteiger partial charge in [-0.1, -0.05) is 30.3 Å². The Hall–Kier alpha value is -3.61.